The fourth-order valence-corrected chi connectivity index (χ4v) is 2.83. The molecule has 0 spiro atoms. The Balaban J connectivity index is 1.90. The summed E-state index contributed by atoms with van der Waals surface area (Å²) in [4.78, 5) is 11.5. The third-order valence-electron chi connectivity index (χ3n) is 3.87. The molecule has 2 aromatic rings. The Labute approximate surface area is 114 Å². The van der Waals surface area contributed by atoms with Gasteiger partial charge in [-0.2, -0.15) is 0 Å². The number of nitrogens with zero attached hydrogens (tertiary/aromatic N) is 4. The molecule has 0 radical (unpaired) electrons. The van der Waals surface area contributed by atoms with Gasteiger partial charge >= 0.3 is 0 Å². The Morgan fingerprint density at radius 1 is 1.32 bits per heavy atom. The molecular weight excluding hydrogens is 236 g/mol. The monoisotopic (exact) mass is 256 g/mol. The van der Waals surface area contributed by atoms with E-state index in [4.69, 9.17) is 4.98 Å². The first-order valence-electron chi connectivity index (χ1n) is 6.90. The summed E-state index contributed by atoms with van der Waals surface area (Å²) < 4.78 is 2.04. The number of hydrogen-bond acceptors (Lipinski definition) is 3. The van der Waals surface area contributed by atoms with Gasteiger partial charge in [-0.25, -0.2) is 9.97 Å². The van der Waals surface area contributed by atoms with Gasteiger partial charge in [0.15, 0.2) is 0 Å². The molecule has 1 saturated heterocycles. The number of aromatic nitrogens is 3. The largest absolute Gasteiger partial charge is 0.306 e. The zero-order valence-corrected chi connectivity index (χ0v) is 11.6. The van der Waals surface area contributed by atoms with E-state index >= 15 is 0 Å². The van der Waals surface area contributed by atoms with E-state index in [1.54, 1.807) is 0 Å². The van der Waals surface area contributed by atoms with E-state index < -0.39 is 0 Å². The smallest absolute Gasteiger partial charge is 0.138 e. The van der Waals surface area contributed by atoms with E-state index in [2.05, 4.69) is 29.1 Å². The van der Waals surface area contributed by atoms with Crippen LogP contribution < -0.4 is 0 Å². The van der Waals surface area contributed by atoms with Crippen molar-refractivity contribution in [1.29, 1.82) is 0 Å². The highest BCUT2D eigenvalue weighted by molar-refractivity contribution is 5.28. The molecule has 0 bridgehead atoms. The molecule has 1 fully saturated rings. The van der Waals surface area contributed by atoms with Gasteiger partial charge in [-0.05, 0) is 45.5 Å². The van der Waals surface area contributed by atoms with Gasteiger partial charge in [0, 0.05) is 30.6 Å². The van der Waals surface area contributed by atoms with Gasteiger partial charge in [0.25, 0.3) is 0 Å². The molecule has 0 saturated carbocycles. The lowest BCUT2D eigenvalue weighted by Crippen LogP contribution is -2.31. The standard InChI is InChI=1S/C15H20N4/c1-12-16-8-10-19(12)15-7-3-6-14(17-15)13-5-4-9-18(2)11-13/h3,6-8,10,13H,4-5,9,11H2,1-2H3. The highest BCUT2D eigenvalue weighted by atomic mass is 15.1. The maximum Gasteiger partial charge on any atom is 0.138 e. The average molecular weight is 256 g/mol. The first-order valence-corrected chi connectivity index (χ1v) is 6.90. The number of rotatable bonds is 2. The third kappa shape index (κ3) is 2.54. The van der Waals surface area contributed by atoms with Crippen LogP contribution in [0.15, 0.2) is 30.6 Å². The Kier molecular flexibility index (Phi) is 3.34. The van der Waals surface area contributed by atoms with Crippen LogP contribution in [0.2, 0.25) is 0 Å². The average Bonchev–Trinajstić information content (AvgIpc) is 2.85. The molecule has 0 amide bonds. The molecule has 4 heteroatoms. The van der Waals surface area contributed by atoms with Crippen molar-refractivity contribution < 1.29 is 0 Å². The number of piperidine rings is 1. The number of hydrogen-bond donors (Lipinski definition) is 0. The lowest BCUT2D eigenvalue weighted by molar-refractivity contribution is 0.248. The fourth-order valence-electron chi connectivity index (χ4n) is 2.83. The number of aryl methyl sites for hydroxylation is 1. The minimum atomic E-state index is 0.558. The van der Waals surface area contributed by atoms with Crippen molar-refractivity contribution in [2.45, 2.75) is 25.7 Å². The summed E-state index contributed by atoms with van der Waals surface area (Å²) in [6, 6.07) is 6.30. The second-order valence-corrected chi connectivity index (χ2v) is 5.37. The van der Waals surface area contributed by atoms with Gasteiger partial charge in [-0.15, -0.1) is 0 Å². The summed E-state index contributed by atoms with van der Waals surface area (Å²) in [6.45, 7) is 4.32. The minimum Gasteiger partial charge on any atom is -0.306 e. The molecule has 100 valence electrons. The van der Waals surface area contributed by atoms with E-state index in [0.29, 0.717) is 5.92 Å². The summed E-state index contributed by atoms with van der Waals surface area (Å²) in [5.74, 6) is 2.51. The van der Waals surface area contributed by atoms with Crippen LogP contribution in [-0.4, -0.2) is 39.6 Å². The lowest BCUT2D eigenvalue weighted by atomic mass is 9.95. The molecule has 0 N–H and O–H groups in total. The third-order valence-corrected chi connectivity index (χ3v) is 3.87. The molecule has 1 aliphatic heterocycles. The molecule has 2 aromatic heterocycles. The van der Waals surface area contributed by atoms with E-state index in [1.165, 1.54) is 25.1 Å². The van der Waals surface area contributed by atoms with E-state index in [9.17, 15) is 0 Å². The number of likely N-dealkylation sites (tertiary alicyclic amines) is 1. The molecule has 0 aliphatic carbocycles. The quantitative estimate of drug-likeness (QED) is 0.827. The zero-order chi connectivity index (χ0) is 13.2. The Hall–Kier alpha value is -1.68. The van der Waals surface area contributed by atoms with Crippen molar-refractivity contribution in [3.8, 4) is 5.82 Å². The summed E-state index contributed by atoms with van der Waals surface area (Å²) in [5, 5.41) is 0. The first-order chi connectivity index (χ1) is 9.24. The van der Waals surface area contributed by atoms with Crippen LogP contribution in [0.1, 0.15) is 30.3 Å². The normalized spacial score (nSPS) is 20.6. The highest BCUT2D eigenvalue weighted by Gasteiger charge is 2.20. The molecule has 0 aromatic carbocycles. The second-order valence-electron chi connectivity index (χ2n) is 5.37. The van der Waals surface area contributed by atoms with Crippen molar-refractivity contribution in [3.63, 3.8) is 0 Å². The van der Waals surface area contributed by atoms with Crippen molar-refractivity contribution in [1.82, 2.24) is 19.4 Å². The second kappa shape index (κ2) is 5.13. The summed E-state index contributed by atoms with van der Waals surface area (Å²) in [7, 11) is 2.19. The van der Waals surface area contributed by atoms with E-state index in [1.807, 2.05) is 30.0 Å². The molecule has 4 nitrogen and oxygen atoms in total. The lowest BCUT2D eigenvalue weighted by Gasteiger charge is -2.29. The van der Waals surface area contributed by atoms with Crippen LogP contribution in [0.3, 0.4) is 0 Å². The van der Waals surface area contributed by atoms with E-state index in [-0.39, 0.29) is 0 Å². The Morgan fingerprint density at radius 2 is 2.21 bits per heavy atom. The molecule has 1 atom stereocenters. The Morgan fingerprint density at radius 3 is 2.95 bits per heavy atom. The molecule has 1 unspecified atom stereocenters. The van der Waals surface area contributed by atoms with Crippen molar-refractivity contribution >= 4 is 0 Å². The molecule has 3 rings (SSSR count). The van der Waals surface area contributed by atoms with Crippen LogP contribution in [0.5, 0.6) is 0 Å². The summed E-state index contributed by atoms with van der Waals surface area (Å²) in [6.07, 6.45) is 6.29. The van der Waals surface area contributed by atoms with E-state index in [0.717, 1.165) is 18.2 Å². The fraction of sp³-hybridized carbons (Fsp3) is 0.467. The van der Waals surface area contributed by atoms with Crippen LogP contribution in [0.4, 0.5) is 0 Å². The van der Waals surface area contributed by atoms with Gasteiger partial charge < -0.3 is 4.90 Å². The number of imidazole rings is 1. The van der Waals surface area contributed by atoms with Crippen LogP contribution >= 0.6 is 0 Å². The Bertz CT molecular complexity index is 561. The van der Waals surface area contributed by atoms with Gasteiger partial charge in [0.05, 0.1) is 0 Å². The molecule has 3 heterocycles. The van der Waals surface area contributed by atoms with Gasteiger partial charge in [-0.3, -0.25) is 4.57 Å². The topological polar surface area (TPSA) is 34.0 Å². The maximum absolute atomic E-state index is 4.83. The van der Waals surface area contributed by atoms with Gasteiger partial charge in [0.1, 0.15) is 11.6 Å². The predicted molar refractivity (Wildman–Crippen MR) is 75.6 cm³/mol. The number of pyridine rings is 1. The van der Waals surface area contributed by atoms with Gasteiger partial charge in [0.2, 0.25) is 0 Å². The SMILES string of the molecule is Cc1nccn1-c1cccc(C2CCCN(C)C2)n1. The molecule has 1 aliphatic rings. The minimum absolute atomic E-state index is 0.558. The zero-order valence-electron chi connectivity index (χ0n) is 11.6. The number of likely N-dealkylation sites (N-methyl/N-ethyl adjacent to an activating group) is 1. The van der Waals surface area contributed by atoms with Crippen molar-refractivity contribution in [2.75, 3.05) is 20.1 Å². The summed E-state index contributed by atoms with van der Waals surface area (Å²) in [5.41, 5.74) is 1.21. The van der Waals surface area contributed by atoms with Crippen molar-refractivity contribution in [2.24, 2.45) is 0 Å². The highest BCUT2D eigenvalue weighted by Crippen LogP contribution is 2.25. The van der Waals surface area contributed by atoms with Crippen LogP contribution in [0.25, 0.3) is 5.82 Å². The van der Waals surface area contributed by atoms with Gasteiger partial charge in [-0.1, -0.05) is 6.07 Å². The van der Waals surface area contributed by atoms with Crippen molar-refractivity contribution in [3.05, 3.63) is 42.1 Å². The molecular formula is C15H20N4. The first kappa shape index (κ1) is 12.4. The van der Waals surface area contributed by atoms with Crippen LogP contribution in [-0.2, 0) is 0 Å². The predicted octanol–water partition coefficient (Wildman–Crippen LogP) is 2.38. The maximum atomic E-state index is 4.83. The van der Waals surface area contributed by atoms with Crippen LogP contribution in [0, 0.1) is 6.92 Å². The molecule has 19 heavy (non-hydrogen) atoms. The summed E-state index contributed by atoms with van der Waals surface area (Å²) >= 11 is 0.